The second kappa shape index (κ2) is 7.28. The normalized spacial score (nSPS) is 11.8. The Balaban J connectivity index is 1.70. The van der Waals surface area contributed by atoms with Crippen LogP contribution in [-0.2, 0) is 0 Å². The minimum absolute atomic E-state index is 0.0883. The lowest BCUT2D eigenvalue weighted by molar-refractivity contribution is 0.0940. The molecule has 0 radical (unpaired) electrons. The van der Waals surface area contributed by atoms with Gasteiger partial charge in [-0.3, -0.25) is 9.78 Å². The minimum Gasteiger partial charge on any atom is -0.346 e. The van der Waals surface area contributed by atoms with Crippen LogP contribution in [0.5, 0.6) is 0 Å². The molecule has 0 fully saturated rings. The van der Waals surface area contributed by atoms with Gasteiger partial charge in [-0.05, 0) is 60.0 Å². The van der Waals surface area contributed by atoms with Crippen molar-refractivity contribution in [1.82, 2.24) is 10.3 Å². The molecule has 1 amide bonds. The molecule has 0 spiro atoms. The molecule has 0 saturated carbocycles. The van der Waals surface area contributed by atoms with E-state index in [2.05, 4.69) is 10.3 Å². The number of aromatic nitrogens is 1. The average Bonchev–Trinajstić information content (AvgIpc) is 2.63. The molecule has 0 aliphatic carbocycles. The number of hydrogen-bond acceptors (Lipinski definition) is 2. The Morgan fingerprint density at radius 1 is 0.917 bits per heavy atom. The molecule has 24 heavy (non-hydrogen) atoms. The molecular formula is C20H17ClN2O. The first kappa shape index (κ1) is 16.2. The lowest BCUT2D eigenvalue weighted by Gasteiger charge is -2.14. The topological polar surface area (TPSA) is 42.0 Å². The molecule has 0 bridgehead atoms. The van der Waals surface area contributed by atoms with Crippen LogP contribution < -0.4 is 5.32 Å². The van der Waals surface area contributed by atoms with Crippen molar-refractivity contribution >= 4 is 17.5 Å². The van der Waals surface area contributed by atoms with Crippen LogP contribution in [0.15, 0.2) is 73.1 Å². The van der Waals surface area contributed by atoms with Crippen molar-refractivity contribution in [2.75, 3.05) is 0 Å². The van der Waals surface area contributed by atoms with Gasteiger partial charge in [-0.25, -0.2) is 0 Å². The van der Waals surface area contributed by atoms with Gasteiger partial charge < -0.3 is 5.32 Å². The number of nitrogens with zero attached hydrogens (tertiary/aromatic N) is 1. The second-order valence-corrected chi connectivity index (χ2v) is 6.00. The van der Waals surface area contributed by atoms with Crippen molar-refractivity contribution in [1.29, 1.82) is 0 Å². The van der Waals surface area contributed by atoms with Crippen molar-refractivity contribution in [3.05, 3.63) is 89.2 Å². The number of nitrogens with one attached hydrogen (secondary N) is 1. The molecular weight excluding hydrogens is 320 g/mol. The number of pyridine rings is 1. The highest BCUT2D eigenvalue weighted by Crippen LogP contribution is 2.20. The van der Waals surface area contributed by atoms with Crippen molar-refractivity contribution < 1.29 is 4.79 Å². The molecule has 3 rings (SSSR count). The van der Waals surface area contributed by atoms with Gasteiger partial charge in [0.1, 0.15) is 0 Å². The van der Waals surface area contributed by atoms with Crippen molar-refractivity contribution in [2.45, 2.75) is 13.0 Å². The minimum atomic E-state index is -0.0984. The van der Waals surface area contributed by atoms with Crippen molar-refractivity contribution in [3.63, 3.8) is 0 Å². The van der Waals surface area contributed by atoms with Gasteiger partial charge in [-0.1, -0.05) is 35.9 Å². The Kier molecular flexibility index (Phi) is 4.92. The smallest absolute Gasteiger partial charge is 0.251 e. The summed E-state index contributed by atoms with van der Waals surface area (Å²) >= 11 is 5.89. The average molecular weight is 337 g/mol. The summed E-state index contributed by atoms with van der Waals surface area (Å²) in [5.74, 6) is -0.0984. The zero-order chi connectivity index (χ0) is 16.9. The molecule has 1 unspecified atom stereocenters. The van der Waals surface area contributed by atoms with Crippen molar-refractivity contribution in [3.8, 4) is 11.1 Å². The Labute approximate surface area is 146 Å². The van der Waals surface area contributed by atoms with Crippen LogP contribution in [0.25, 0.3) is 11.1 Å². The summed E-state index contributed by atoms with van der Waals surface area (Å²) in [5.41, 5.74) is 3.78. The monoisotopic (exact) mass is 336 g/mol. The fraction of sp³-hybridized carbons (Fsp3) is 0.100. The first-order valence-electron chi connectivity index (χ1n) is 7.70. The van der Waals surface area contributed by atoms with Crippen LogP contribution >= 0.6 is 11.6 Å². The van der Waals surface area contributed by atoms with E-state index in [0.29, 0.717) is 10.6 Å². The molecule has 2 aromatic carbocycles. The van der Waals surface area contributed by atoms with E-state index >= 15 is 0 Å². The molecule has 1 aromatic heterocycles. The summed E-state index contributed by atoms with van der Waals surface area (Å²) in [6.07, 6.45) is 3.51. The summed E-state index contributed by atoms with van der Waals surface area (Å²) in [4.78, 5) is 16.4. The van der Waals surface area contributed by atoms with Crippen LogP contribution in [0.4, 0.5) is 0 Å². The third kappa shape index (κ3) is 3.81. The molecule has 0 saturated heterocycles. The maximum absolute atomic E-state index is 12.4. The number of hydrogen-bond donors (Lipinski definition) is 1. The van der Waals surface area contributed by atoms with E-state index in [4.69, 9.17) is 11.6 Å². The van der Waals surface area contributed by atoms with E-state index in [1.54, 1.807) is 12.4 Å². The predicted molar refractivity (Wildman–Crippen MR) is 97.0 cm³/mol. The maximum atomic E-state index is 12.4. The fourth-order valence-corrected chi connectivity index (χ4v) is 2.60. The summed E-state index contributed by atoms with van der Waals surface area (Å²) in [5, 5.41) is 3.68. The number of benzene rings is 2. The zero-order valence-corrected chi connectivity index (χ0v) is 14.0. The SMILES string of the molecule is CC(NC(=O)c1ccc(-c2ccncc2)cc1)c1ccc(Cl)cc1. The summed E-state index contributed by atoms with van der Waals surface area (Å²) in [6, 6.07) is 18.8. The van der Waals surface area contributed by atoms with E-state index in [1.165, 1.54) is 0 Å². The fourth-order valence-electron chi connectivity index (χ4n) is 2.47. The number of amides is 1. The molecule has 0 aliphatic heterocycles. The lowest BCUT2D eigenvalue weighted by atomic mass is 10.0. The van der Waals surface area contributed by atoms with Gasteiger partial charge in [-0.15, -0.1) is 0 Å². The van der Waals surface area contributed by atoms with Crippen LogP contribution in [0.2, 0.25) is 5.02 Å². The highest BCUT2D eigenvalue weighted by atomic mass is 35.5. The highest BCUT2D eigenvalue weighted by molar-refractivity contribution is 6.30. The van der Waals surface area contributed by atoms with Crippen LogP contribution in [0.3, 0.4) is 0 Å². The molecule has 1 atom stereocenters. The van der Waals surface area contributed by atoms with E-state index in [0.717, 1.165) is 16.7 Å². The summed E-state index contributed by atoms with van der Waals surface area (Å²) in [6.45, 7) is 1.95. The molecule has 0 aliphatic rings. The first-order chi connectivity index (χ1) is 11.6. The van der Waals surface area contributed by atoms with Crippen LogP contribution in [-0.4, -0.2) is 10.9 Å². The first-order valence-corrected chi connectivity index (χ1v) is 8.08. The van der Waals surface area contributed by atoms with Gasteiger partial charge in [0.05, 0.1) is 6.04 Å². The molecule has 120 valence electrons. The lowest BCUT2D eigenvalue weighted by Crippen LogP contribution is -2.26. The third-order valence-electron chi connectivity index (χ3n) is 3.88. The van der Waals surface area contributed by atoms with Gasteiger partial charge in [0.2, 0.25) is 0 Å². The molecule has 4 heteroatoms. The van der Waals surface area contributed by atoms with Gasteiger partial charge in [0.25, 0.3) is 5.91 Å². The van der Waals surface area contributed by atoms with E-state index in [1.807, 2.05) is 67.6 Å². The third-order valence-corrected chi connectivity index (χ3v) is 4.13. The molecule has 3 nitrogen and oxygen atoms in total. The Morgan fingerprint density at radius 2 is 1.50 bits per heavy atom. The molecule has 3 aromatic rings. The molecule has 1 heterocycles. The predicted octanol–water partition coefficient (Wildman–Crippen LogP) is 4.89. The standard InChI is InChI=1S/C20H17ClN2O/c1-14(15-6-8-19(21)9-7-15)23-20(24)18-4-2-16(3-5-18)17-10-12-22-13-11-17/h2-14H,1H3,(H,23,24). The quantitative estimate of drug-likeness (QED) is 0.736. The summed E-state index contributed by atoms with van der Waals surface area (Å²) < 4.78 is 0. The van der Waals surface area contributed by atoms with E-state index in [9.17, 15) is 4.79 Å². The Bertz CT molecular complexity index is 815. The number of carbonyl (C=O) groups is 1. The Hall–Kier alpha value is -2.65. The number of carbonyl (C=O) groups excluding carboxylic acids is 1. The number of rotatable bonds is 4. The number of halogens is 1. The van der Waals surface area contributed by atoms with Gasteiger partial charge in [0.15, 0.2) is 0 Å². The van der Waals surface area contributed by atoms with E-state index in [-0.39, 0.29) is 11.9 Å². The van der Waals surface area contributed by atoms with Gasteiger partial charge in [0, 0.05) is 23.0 Å². The second-order valence-electron chi connectivity index (χ2n) is 5.56. The highest BCUT2D eigenvalue weighted by Gasteiger charge is 2.11. The summed E-state index contributed by atoms with van der Waals surface area (Å²) in [7, 11) is 0. The van der Waals surface area contributed by atoms with Gasteiger partial charge >= 0.3 is 0 Å². The largest absolute Gasteiger partial charge is 0.346 e. The van der Waals surface area contributed by atoms with E-state index < -0.39 is 0 Å². The van der Waals surface area contributed by atoms with Crippen LogP contribution in [0.1, 0.15) is 28.9 Å². The molecule has 1 N–H and O–H groups in total. The van der Waals surface area contributed by atoms with Gasteiger partial charge in [-0.2, -0.15) is 0 Å². The van der Waals surface area contributed by atoms with Crippen LogP contribution in [0, 0.1) is 0 Å². The van der Waals surface area contributed by atoms with Crippen molar-refractivity contribution in [2.24, 2.45) is 0 Å². The Morgan fingerprint density at radius 3 is 2.12 bits per heavy atom. The zero-order valence-electron chi connectivity index (χ0n) is 13.2. The maximum Gasteiger partial charge on any atom is 0.251 e.